The van der Waals surface area contributed by atoms with Gasteiger partial charge in [0, 0.05) is 6.04 Å². The lowest BCUT2D eigenvalue weighted by molar-refractivity contribution is -0.119. The maximum Gasteiger partial charge on any atom is 0.230 e. The van der Waals surface area contributed by atoms with Crippen molar-refractivity contribution in [2.75, 3.05) is 5.75 Å². The summed E-state index contributed by atoms with van der Waals surface area (Å²) < 4.78 is 2.16. The van der Waals surface area contributed by atoms with Gasteiger partial charge in [0.2, 0.25) is 5.91 Å². The maximum absolute atomic E-state index is 12.3. The molecule has 0 bridgehead atoms. The summed E-state index contributed by atoms with van der Waals surface area (Å²) in [6.45, 7) is 8.17. The molecule has 0 radical (unpaired) electrons. The third-order valence-corrected chi connectivity index (χ3v) is 5.43. The second kappa shape index (κ2) is 6.97. The first-order valence-electron chi connectivity index (χ1n) is 8.36. The van der Waals surface area contributed by atoms with Gasteiger partial charge >= 0.3 is 0 Å². The lowest BCUT2D eigenvalue weighted by atomic mass is 10.0. The van der Waals surface area contributed by atoms with E-state index in [9.17, 15) is 4.79 Å². The van der Waals surface area contributed by atoms with E-state index in [1.165, 1.54) is 35.7 Å². The molecule has 0 aliphatic heterocycles. The van der Waals surface area contributed by atoms with Gasteiger partial charge in [-0.3, -0.25) is 4.79 Å². The van der Waals surface area contributed by atoms with E-state index in [0.717, 1.165) is 16.5 Å². The smallest absolute Gasteiger partial charge is 0.230 e. The summed E-state index contributed by atoms with van der Waals surface area (Å²) in [4.78, 5) is 12.3. The molecule has 1 aliphatic carbocycles. The molecule has 1 atom stereocenters. The molecule has 3 rings (SSSR count). The molecule has 5 nitrogen and oxygen atoms in total. The number of rotatable bonds is 6. The van der Waals surface area contributed by atoms with E-state index in [-0.39, 0.29) is 11.9 Å². The molecule has 1 amide bonds. The molecule has 1 aliphatic rings. The minimum absolute atomic E-state index is 0.000406. The average molecular weight is 344 g/mol. The fourth-order valence-electron chi connectivity index (χ4n) is 2.73. The standard InChI is InChI=1S/C18H24N4OS/c1-11-5-6-15(9-12(11)2)13(3)19-17(23)10-24-18-21-20-14(4)22(18)16-7-8-16/h5-6,9,13,16H,7-8,10H2,1-4H3,(H,19,23)/t13-/m0/s1. The van der Waals surface area contributed by atoms with Gasteiger partial charge in [-0.25, -0.2) is 0 Å². The summed E-state index contributed by atoms with van der Waals surface area (Å²) in [5.41, 5.74) is 3.65. The number of aryl methyl sites for hydroxylation is 3. The first-order valence-corrected chi connectivity index (χ1v) is 9.35. The first kappa shape index (κ1) is 17.0. The van der Waals surface area contributed by atoms with Crippen LogP contribution in [0.5, 0.6) is 0 Å². The molecule has 1 aromatic carbocycles. The third-order valence-electron chi connectivity index (χ3n) is 4.49. The largest absolute Gasteiger partial charge is 0.349 e. The number of hydrogen-bond acceptors (Lipinski definition) is 4. The Hall–Kier alpha value is -1.82. The van der Waals surface area contributed by atoms with Crippen molar-refractivity contribution in [1.29, 1.82) is 0 Å². The Morgan fingerprint density at radius 3 is 2.71 bits per heavy atom. The summed E-state index contributed by atoms with van der Waals surface area (Å²) in [6, 6.07) is 6.84. The normalized spacial score (nSPS) is 15.3. The Balaban J connectivity index is 1.56. The van der Waals surface area contributed by atoms with Crippen molar-refractivity contribution in [2.24, 2.45) is 0 Å². The summed E-state index contributed by atoms with van der Waals surface area (Å²) >= 11 is 1.46. The Bertz CT molecular complexity index is 751. The lowest BCUT2D eigenvalue weighted by Crippen LogP contribution is -2.28. The Morgan fingerprint density at radius 2 is 2.04 bits per heavy atom. The van der Waals surface area contributed by atoms with Crippen LogP contribution < -0.4 is 5.32 Å². The van der Waals surface area contributed by atoms with Crippen LogP contribution in [0.25, 0.3) is 0 Å². The molecule has 0 unspecified atom stereocenters. The maximum atomic E-state index is 12.3. The summed E-state index contributed by atoms with van der Waals surface area (Å²) in [5, 5.41) is 12.3. The van der Waals surface area contributed by atoms with Crippen LogP contribution in [0, 0.1) is 20.8 Å². The van der Waals surface area contributed by atoms with E-state index in [2.05, 4.69) is 52.1 Å². The van der Waals surface area contributed by atoms with Crippen LogP contribution in [0.4, 0.5) is 0 Å². The minimum atomic E-state index is 0.000406. The summed E-state index contributed by atoms with van der Waals surface area (Å²) in [7, 11) is 0. The van der Waals surface area contributed by atoms with E-state index in [1.54, 1.807) is 0 Å². The van der Waals surface area contributed by atoms with Gasteiger partial charge in [-0.1, -0.05) is 30.0 Å². The predicted molar refractivity (Wildman–Crippen MR) is 96.2 cm³/mol. The Labute approximate surface area is 147 Å². The van der Waals surface area contributed by atoms with Gasteiger partial charge in [-0.15, -0.1) is 10.2 Å². The van der Waals surface area contributed by atoms with E-state index < -0.39 is 0 Å². The molecule has 1 heterocycles. The zero-order valence-corrected chi connectivity index (χ0v) is 15.5. The van der Waals surface area contributed by atoms with Crippen LogP contribution in [-0.2, 0) is 4.79 Å². The van der Waals surface area contributed by atoms with Crippen molar-refractivity contribution in [3.8, 4) is 0 Å². The number of nitrogens with zero attached hydrogens (tertiary/aromatic N) is 3. The van der Waals surface area contributed by atoms with Crippen molar-refractivity contribution >= 4 is 17.7 Å². The number of amides is 1. The number of thioether (sulfide) groups is 1. The fraction of sp³-hybridized carbons (Fsp3) is 0.500. The van der Waals surface area contributed by atoms with E-state index >= 15 is 0 Å². The highest BCUT2D eigenvalue weighted by Gasteiger charge is 2.28. The molecule has 1 aromatic heterocycles. The van der Waals surface area contributed by atoms with Crippen LogP contribution in [0.1, 0.15) is 54.4 Å². The molecular weight excluding hydrogens is 320 g/mol. The average Bonchev–Trinajstić information content (AvgIpc) is 3.31. The number of carbonyl (C=O) groups excluding carboxylic acids is 1. The van der Waals surface area contributed by atoms with Crippen molar-refractivity contribution in [3.63, 3.8) is 0 Å². The van der Waals surface area contributed by atoms with Crippen molar-refractivity contribution in [3.05, 3.63) is 40.7 Å². The highest BCUT2D eigenvalue weighted by Crippen LogP contribution is 2.38. The zero-order valence-electron chi connectivity index (χ0n) is 14.7. The van der Waals surface area contributed by atoms with Gasteiger partial charge in [-0.2, -0.15) is 0 Å². The second-order valence-corrected chi connectivity index (χ2v) is 7.50. The summed E-state index contributed by atoms with van der Waals surface area (Å²) in [6.07, 6.45) is 2.37. The molecule has 128 valence electrons. The highest BCUT2D eigenvalue weighted by molar-refractivity contribution is 7.99. The minimum Gasteiger partial charge on any atom is -0.349 e. The van der Waals surface area contributed by atoms with Crippen molar-refractivity contribution in [2.45, 2.75) is 57.8 Å². The zero-order chi connectivity index (χ0) is 17.3. The van der Waals surface area contributed by atoms with Gasteiger partial charge in [0.15, 0.2) is 5.16 Å². The van der Waals surface area contributed by atoms with Crippen LogP contribution in [-0.4, -0.2) is 26.4 Å². The number of benzene rings is 1. The second-order valence-electron chi connectivity index (χ2n) is 6.55. The van der Waals surface area contributed by atoms with Gasteiger partial charge in [0.25, 0.3) is 0 Å². The fourth-order valence-corrected chi connectivity index (χ4v) is 3.59. The van der Waals surface area contributed by atoms with Crippen LogP contribution in [0.3, 0.4) is 0 Å². The topological polar surface area (TPSA) is 59.8 Å². The van der Waals surface area contributed by atoms with Crippen LogP contribution in [0.2, 0.25) is 0 Å². The molecule has 0 spiro atoms. The van der Waals surface area contributed by atoms with E-state index in [0.29, 0.717) is 11.8 Å². The van der Waals surface area contributed by atoms with Gasteiger partial charge in [-0.05, 0) is 57.2 Å². The molecule has 0 saturated heterocycles. The lowest BCUT2D eigenvalue weighted by Gasteiger charge is -2.15. The number of aromatic nitrogens is 3. The summed E-state index contributed by atoms with van der Waals surface area (Å²) in [5.74, 6) is 1.32. The quantitative estimate of drug-likeness (QED) is 0.815. The van der Waals surface area contributed by atoms with Crippen LogP contribution in [0.15, 0.2) is 23.4 Å². The molecule has 1 N–H and O–H groups in total. The SMILES string of the molecule is Cc1ccc([C@H](C)NC(=O)CSc2nnc(C)n2C2CC2)cc1C. The highest BCUT2D eigenvalue weighted by atomic mass is 32.2. The van der Waals surface area contributed by atoms with Crippen molar-refractivity contribution < 1.29 is 4.79 Å². The van der Waals surface area contributed by atoms with Gasteiger partial charge in [0.05, 0.1) is 11.8 Å². The number of nitrogens with one attached hydrogen (secondary N) is 1. The van der Waals surface area contributed by atoms with Crippen molar-refractivity contribution in [1.82, 2.24) is 20.1 Å². The third kappa shape index (κ3) is 3.80. The molecule has 1 fully saturated rings. The number of carbonyl (C=O) groups is 1. The molecule has 6 heteroatoms. The molecular formula is C18H24N4OS. The molecule has 24 heavy (non-hydrogen) atoms. The van der Waals surface area contributed by atoms with E-state index in [4.69, 9.17) is 0 Å². The van der Waals surface area contributed by atoms with Gasteiger partial charge in [0.1, 0.15) is 5.82 Å². The molecule has 2 aromatic rings. The Kier molecular flexibility index (Phi) is 4.94. The predicted octanol–water partition coefficient (Wildman–Crippen LogP) is 3.51. The first-order chi connectivity index (χ1) is 11.5. The monoisotopic (exact) mass is 344 g/mol. The molecule has 1 saturated carbocycles. The number of hydrogen-bond donors (Lipinski definition) is 1. The Morgan fingerprint density at radius 1 is 1.29 bits per heavy atom. The van der Waals surface area contributed by atoms with Gasteiger partial charge < -0.3 is 9.88 Å². The van der Waals surface area contributed by atoms with Crippen LogP contribution >= 0.6 is 11.8 Å². The van der Waals surface area contributed by atoms with E-state index in [1.807, 2.05) is 13.8 Å².